The molecule has 1 amide bonds. The minimum atomic E-state index is -3.65. The molecule has 0 bridgehead atoms. The van der Waals surface area contributed by atoms with Gasteiger partial charge in [-0.25, -0.2) is 16.8 Å². The van der Waals surface area contributed by atoms with Crippen LogP contribution in [0.25, 0.3) is 0 Å². The highest BCUT2D eigenvalue weighted by Crippen LogP contribution is 2.21. The number of hydrogen-bond donors (Lipinski definition) is 0. The summed E-state index contributed by atoms with van der Waals surface area (Å²) in [5, 5.41) is 0. The van der Waals surface area contributed by atoms with Crippen LogP contribution in [0.3, 0.4) is 0 Å². The molecule has 1 aliphatic rings. The van der Waals surface area contributed by atoms with Crippen molar-refractivity contribution in [3.63, 3.8) is 0 Å². The maximum atomic E-state index is 12.9. The number of ether oxygens (including phenoxy) is 1. The molecule has 0 aromatic heterocycles. The Bertz CT molecular complexity index is 1120. The van der Waals surface area contributed by atoms with Crippen molar-refractivity contribution in [1.82, 2.24) is 9.21 Å². The molecule has 10 heteroatoms. The van der Waals surface area contributed by atoms with E-state index in [4.69, 9.17) is 4.74 Å². The van der Waals surface area contributed by atoms with Crippen LogP contribution in [0.5, 0.6) is 5.75 Å². The first-order valence-electron chi connectivity index (χ1n) is 9.89. The molecule has 2 aromatic rings. The zero-order chi connectivity index (χ0) is 22.6. The van der Waals surface area contributed by atoms with E-state index in [1.165, 1.54) is 16.4 Å². The van der Waals surface area contributed by atoms with Crippen LogP contribution in [0.2, 0.25) is 0 Å². The summed E-state index contributed by atoms with van der Waals surface area (Å²) in [5.74, 6) is 0.326. The first-order chi connectivity index (χ1) is 14.6. The maximum Gasteiger partial charge on any atom is 0.253 e. The molecular weight excluding hydrogens is 440 g/mol. The predicted molar refractivity (Wildman–Crippen MR) is 117 cm³/mol. The lowest BCUT2D eigenvalue weighted by atomic mass is 10.1. The molecule has 31 heavy (non-hydrogen) atoms. The molecule has 1 heterocycles. The van der Waals surface area contributed by atoms with Gasteiger partial charge in [-0.15, -0.1) is 0 Å². The van der Waals surface area contributed by atoms with Crippen molar-refractivity contribution < 1.29 is 26.4 Å². The SMILES string of the molecule is CCOc1ccc(S(=O)(=O)N2CCN(C(=O)c3ccc(CS(C)(=O)=O)cc3)CC2)cc1. The van der Waals surface area contributed by atoms with Crippen LogP contribution >= 0.6 is 0 Å². The Balaban J connectivity index is 1.62. The third-order valence-corrected chi connectivity index (χ3v) is 7.70. The Labute approximate surface area is 183 Å². The van der Waals surface area contributed by atoms with E-state index in [-0.39, 0.29) is 42.7 Å². The van der Waals surface area contributed by atoms with E-state index < -0.39 is 19.9 Å². The Morgan fingerprint density at radius 1 is 0.903 bits per heavy atom. The Morgan fingerprint density at radius 3 is 2.00 bits per heavy atom. The normalized spacial score (nSPS) is 15.6. The van der Waals surface area contributed by atoms with Gasteiger partial charge in [-0.2, -0.15) is 4.31 Å². The van der Waals surface area contributed by atoms with E-state index in [2.05, 4.69) is 0 Å². The molecule has 168 valence electrons. The monoisotopic (exact) mass is 466 g/mol. The number of nitrogens with zero attached hydrogens (tertiary/aromatic N) is 2. The van der Waals surface area contributed by atoms with Gasteiger partial charge in [-0.05, 0) is 48.9 Å². The summed E-state index contributed by atoms with van der Waals surface area (Å²) in [6, 6.07) is 12.8. The molecule has 0 N–H and O–H groups in total. The van der Waals surface area contributed by atoms with E-state index in [1.54, 1.807) is 41.3 Å². The second-order valence-electron chi connectivity index (χ2n) is 7.37. The van der Waals surface area contributed by atoms with Crippen molar-refractivity contribution in [1.29, 1.82) is 0 Å². The first kappa shape index (κ1) is 23.2. The maximum absolute atomic E-state index is 12.9. The third-order valence-electron chi connectivity index (χ3n) is 4.93. The van der Waals surface area contributed by atoms with Gasteiger partial charge in [-0.1, -0.05) is 12.1 Å². The van der Waals surface area contributed by atoms with Gasteiger partial charge in [0.05, 0.1) is 17.3 Å². The summed E-state index contributed by atoms with van der Waals surface area (Å²) in [4.78, 5) is 14.5. The number of carbonyl (C=O) groups excluding carboxylic acids is 1. The highest BCUT2D eigenvalue weighted by Gasteiger charge is 2.30. The van der Waals surface area contributed by atoms with E-state index >= 15 is 0 Å². The number of amides is 1. The molecule has 0 aliphatic carbocycles. The Hall–Kier alpha value is -2.43. The smallest absolute Gasteiger partial charge is 0.253 e. The van der Waals surface area contributed by atoms with Gasteiger partial charge in [-0.3, -0.25) is 4.79 Å². The number of piperazine rings is 1. The molecule has 1 fully saturated rings. The Kier molecular flexibility index (Phi) is 7.03. The predicted octanol–water partition coefficient (Wildman–Crippen LogP) is 1.78. The number of benzene rings is 2. The summed E-state index contributed by atoms with van der Waals surface area (Å²) in [6.07, 6.45) is 1.16. The van der Waals surface area contributed by atoms with Gasteiger partial charge in [0.15, 0.2) is 9.84 Å². The summed E-state index contributed by atoms with van der Waals surface area (Å²) in [5.41, 5.74) is 1.06. The van der Waals surface area contributed by atoms with Crippen LogP contribution < -0.4 is 4.74 Å². The quantitative estimate of drug-likeness (QED) is 0.617. The van der Waals surface area contributed by atoms with Gasteiger partial charge < -0.3 is 9.64 Å². The van der Waals surface area contributed by atoms with Crippen molar-refractivity contribution in [3.05, 3.63) is 59.7 Å². The average Bonchev–Trinajstić information content (AvgIpc) is 2.73. The van der Waals surface area contributed by atoms with E-state index in [9.17, 15) is 21.6 Å². The van der Waals surface area contributed by atoms with Gasteiger partial charge in [0.2, 0.25) is 10.0 Å². The average molecular weight is 467 g/mol. The summed E-state index contributed by atoms with van der Waals surface area (Å²) < 4.78 is 55.3. The van der Waals surface area contributed by atoms with Crippen molar-refractivity contribution >= 4 is 25.8 Å². The second-order valence-corrected chi connectivity index (χ2v) is 11.4. The summed E-state index contributed by atoms with van der Waals surface area (Å²) >= 11 is 0. The second kappa shape index (κ2) is 9.37. The van der Waals surface area contributed by atoms with E-state index in [0.717, 1.165) is 6.26 Å². The molecule has 1 saturated heterocycles. The lowest BCUT2D eigenvalue weighted by Crippen LogP contribution is -2.50. The largest absolute Gasteiger partial charge is 0.494 e. The fourth-order valence-corrected chi connectivity index (χ4v) is 5.60. The molecular formula is C21H26N2O6S2. The standard InChI is InChI=1S/C21H26N2O6S2/c1-3-29-19-8-10-20(11-9-19)31(27,28)23-14-12-22(13-15-23)21(24)18-6-4-17(5-7-18)16-30(2,25)26/h4-11H,3,12-16H2,1-2H3. The minimum absolute atomic E-state index is 0.0798. The van der Waals surface area contributed by atoms with Crippen LogP contribution in [-0.2, 0) is 25.6 Å². The van der Waals surface area contributed by atoms with Crippen LogP contribution in [-0.4, -0.2) is 71.0 Å². The zero-order valence-corrected chi connectivity index (χ0v) is 19.2. The number of rotatable bonds is 7. The van der Waals surface area contributed by atoms with Crippen molar-refractivity contribution in [3.8, 4) is 5.75 Å². The summed E-state index contributed by atoms with van der Waals surface area (Å²) in [6.45, 7) is 3.32. The molecule has 1 aliphatic heterocycles. The van der Waals surface area contributed by atoms with Crippen LogP contribution in [0.1, 0.15) is 22.8 Å². The molecule has 0 saturated carbocycles. The Morgan fingerprint density at radius 2 is 1.48 bits per heavy atom. The van der Waals surface area contributed by atoms with Crippen molar-refractivity contribution in [2.75, 3.05) is 39.0 Å². The fraction of sp³-hybridized carbons (Fsp3) is 0.381. The molecule has 0 spiro atoms. The van der Waals surface area contributed by atoms with Gasteiger partial charge in [0, 0.05) is 38.0 Å². The highest BCUT2D eigenvalue weighted by molar-refractivity contribution is 7.90. The van der Waals surface area contributed by atoms with Gasteiger partial charge in [0.25, 0.3) is 5.91 Å². The molecule has 0 atom stereocenters. The minimum Gasteiger partial charge on any atom is -0.494 e. The number of carbonyl (C=O) groups is 1. The lowest BCUT2D eigenvalue weighted by Gasteiger charge is -2.34. The topological polar surface area (TPSA) is 101 Å². The molecule has 8 nitrogen and oxygen atoms in total. The summed E-state index contributed by atoms with van der Waals surface area (Å²) in [7, 11) is -6.79. The van der Waals surface area contributed by atoms with Gasteiger partial charge in [0.1, 0.15) is 5.75 Å². The fourth-order valence-electron chi connectivity index (χ4n) is 3.38. The molecule has 0 unspecified atom stereocenters. The zero-order valence-electron chi connectivity index (χ0n) is 17.5. The number of sulfonamides is 1. The van der Waals surface area contributed by atoms with Crippen LogP contribution in [0.15, 0.2) is 53.4 Å². The lowest BCUT2D eigenvalue weighted by molar-refractivity contribution is 0.0698. The van der Waals surface area contributed by atoms with Crippen LogP contribution in [0.4, 0.5) is 0 Å². The third kappa shape index (κ3) is 5.84. The van der Waals surface area contributed by atoms with Crippen LogP contribution in [0, 0.1) is 0 Å². The molecule has 3 rings (SSSR count). The first-order valence-corrected chi connectivity index (χ1v) is 13.4. The van der Waals surface area contributed by atoms with Crippen molar-refractivity contribution in [2.24, 2.45) is 0 Å². The number of sulfone groups is 1. The van der Waals surface area contributed by atoms with Gasteiger partial charge >= 0.3 is 0 Å². The van der Waals surface area contributed by atoms with Crippen molar-refractivity contribution in [2.45, 2.75) is 17.6 Å². The molecule has 2 aromatic carbocycles. The number of hydrogen-bond acceptors (Lipinski definition) is 6. The van der Waals surface area contributed by atoms with E-state index in [0.29, 0.717) is 23.5 Å². The highest BCUT2D eigenvalue weighted by atomic mass is 32.2. The molecule has 0 radical (unpaired) electrons. The van der Waals surface area contributed by atoms with E-state index in [1.807, 2.05) is 6.92 Å².